The Morgan fingerprint density at radius 3 is 2.68 bits per heavy atom. The summed E-state index contributed by atoms with van der Waals surface area (Å²) < 4.78 is 0. The molecule has 1 heterocycles. The highest BCUT2D eigenvalue weighted by molar-refractivity contribution is 7.10. The van der Waals surface area contributed by atoms with Crippen molar-refractivity contribution in [3.8, 4) is 0 Å². The first-order valence-electron chi connectivity index (χ1n) is 7.66. The molecule has 0 saturated carbocycles. The van der Waals surface area contributed by atoms with Crippen molar-refractivity contribution in [3.63, 3.8) is 0 Å². The van der Waals surface area contributed by atoms with Crippen LogP contribution in [0.2, 0.25) is 0 Å². The summed E-state index contributed by atoms with van der Waals surface area (Å²) in [5.41, 5.74) is 1.42. The highest BCUT2D eigenvalue weighted by atomic mass is 32.1. The van der Waals surface area contributed by atoms with Crippen LogP contribution >= 0.6 is 11.3 Å². The zero-order valence-corrected chi connectivity index (χ0v) is 13.9. The number of nitrogens with zero attached hydrogens (tertiary/aromatic N) is 1. The molecule has 0 amide bonds. The summed E-state index contributed by atoms with van der Waals surface area (Å²) in [4.78, 5) is 4.10. The number of hydrogen-bond donors (Lipinski definition) is 1. The minimum atomic E-state index is 0.705. The third-order valence-electron chi connectivity index (χ3n) is 3.84. The van der Waals surface area contributed by atoms with Crippen molar-refractivity contribution in [2.24, 2.45) is 0 Å². The summed E-state index contributed by atoms with van der Waals surface area (Å²) in [6, 6.07) is 2.91. The van der Waals surface area contributed by atoms with Crippen molar-refractivity contribution in [2.45, 2.75) is 59.5 Å². The molecule has 0 aliphatic heterocycles. The SMILES string of the molecule is CCCCN(CCNCc1sccc1C)C(C)CC. The van der Waals surface area contributed by atoms with E-state index in [9.17, 15) is 0 Å². The van der Waals surface area contributed by atoms with Gasteiger partial charge in [0.15, 0.2) is 0 Å². The number of rotatable bonds is 10. The Bertz CT molecular complexity index is 335. The Morgan fingerprint density at radius 1 is 1.32 bits per heavy atom. The van der Waals surface area contributed by atoms with E-state index in [1.807, 2.05) is 11.3 Å². The number of unbranched alkanes of at least 4 members (excludes halogenated alkanes) is 1. The number of nitrogens with one attached hydrogen (secondary N) is 1. The van der Waals surface area contributed by atoms with Crippen molar-refractivity contribution in [1.82, 2.24) is 10.2 Å². The van der Waals surface area contributed by atoms with Gasteiger partial charge in [-0.05, 0) is 50.2 Å². The molecule has 0 radical (unpaired) electrons. The van der Waals surface area contributed by atoms with E-state index < -0.39 is 0 Å². The van der Waals surface area contributed by atoms with Gasteiger partial charge in [0.05, 0.1) is 0 Å². The molecule has 0 aliphatic carbocycles. The predicted molar refractivity (Wildman–Crippen MR) is 87.0 cm³/mol. The van der Waals surface area contributed by atoms with Crippen molar-refractivity contribution in [1.29, 1.82) is 0 Å². The summed E-state index contributed by atoms with van der Waals surface area (Å²) in [6.45, 7) is 13.6. The first kappa shape index (κ1) is 16.7. The summed E-state index contributed by atoms with van der Waals surface area (Å²) in [7, 11) is 0. The Kier molecular flexibility index (Phi) is 8.35. The van der Waals surface area contributed by atoms with Crippen LogP contribution in [0, 0.1) is 6.92 Å². The molecule has 0 spiro atoms. The van der Waals surface area contributed by atoms with Crippen LogP contribution in [0.4, 0.5) is 0 Å². The fourth-order valence-electron chi connectivity index (χ4n) is 2.18. The summed E-state index contributed by atoms with van der Waals surface area (Å²) >= 11 is 1.86. The topological polar surface area (TPSA) is 15.3 Å². The molecular weight excluding hydrogens is 252 g/mol. The molecule has 1 atom stereocenters. The third kappa shape index (κ3) is 6.07. The molecule has 19 heavy (non-hydrogen) atoms. The lowest BCUT2D eigenvalue weighted by atomic mass is 10.2. The fraction of sp³-hybridized carbons (Fsp3) is 0.750. The van der Waals surface area contributed by atoms with Gasteiger partial charge in [-0.25, -0.2) is 0 Å². The summed E-state index contributed by atoms with van der Waals surface area (Å²) in [6.07, 6.45) is 3.84. The van der Waals surface area contributed by atoms with Crippen LogP contribution in [-0.2, 0) is 6.54 Å². The van der Waals surface area contributed by atoms with Crippen molar-refractivity contribution >= 4 is 11.3 Å². The van der Waals surface area contributed by atoms with E-state index in [4.69, 9.17) is 0 Å². The minimum Gasteiger partial charge on any atom is -0.311 e. The van der Waals surface area contributed by atoms with E-state index in [0.717, 1.165) is 13.1 Å². The Morgan fingerprint density at radius 2 is 2.11 bits per heavy atom. The van der Waals surface area contributed by atoms with Gasteiger partial charge >= 0.3 is 0 Å². The monoisotopic (exact) mass is 282 g/mol. The second kappa shape index (κ2) is 9.51. The smallest absolute Gasteiger partial charge is 0.0302 e. The molecule has 110 valence electrons. The third-order valence-corrected chi connectivity index (χ3v) is 4.87. The molecule has 1 N–H and O–H groups in total. The van der Waals surface area contributed by atoms with Crippen molar-refractivity contribution in [2.75, 3.05) is 19.6 Å². The van der Waals surface area contributed by atoms with Gasteiger partial charge in [0.2, 0.25) is 0 Å². The first-order valence-corrected chi connectivity index (χ1v) is 8.54. The van der Waals surface area contributed by atoms with Crippen LogP contribution in [0.25, 0.3) is 0 Å². The Labute approximate surface area is 123 Å². The van der Waals surface area contributed by atoms with Crippen LogP contribution in [0.3, 0.4) is 0 Å². The van der Waals surface area contributed by atoms with Crippen LogP contribution in [0.1, 0.15) is 50.5 Å². The van der Waals surface area contributed by atoms with Crippen LogP contribution in [-0.4, -0.2) is 30.6 Å². The molecule has 0 bridgehead atoms. The average Bonchev–Trinajstić information content (AvgIpc) is 2.82. The van der Waals surface area contributed by atoms with Gasteiger partial charge in [0.25, 0.3) is 0 Å². The highest BCUT2D eigenvalue weighted by Gasteiger charge is 2.10. The van der Waals surface area contributed by atoms with Gasteiger partial charge in [-0.15, -0.1) is 11.3 Å². The standard InChI is InChI=1S/C16H30N2S/c1-5-7-10-18(15(4)6-2)11-9-17-13-16-14(3)8-12-19-16/h8,12,15,17H,5-7,9-11,13H2,1-4H3. The molecule has 1 unspecified atom stereocenters. The molecule has 1 rings (SSSR count). The average molecular weight is 282 g/mol. The van der Waals surface area contributed by atoms with E-state index >= 15 is 0 Å². The normalized spacial score (nSPS) is 13.1. The summed E-state index contributed by atoms with van der Waals surface area (Å²) in [5.74, 6) is 0. The predicted octanol–water partition coefficient (Wildman–Crippen LogP) is 4.05. The van der Waals surface area contributed by atoms with Crippen LogP contribution < -0.4 is 5.32 Å². The lowest BCUT2D eigenvalue weighted by Gasteiger charge is -2.28. The lowest BCUT2D eigenvalue weighted by Crippen LogP contribution is -2.38. The quantitative estimate of drug-likeness (QED) is 0.651. The molecule has 1 aromatic rings. The largest absolute Gasteiger partial charge is 0.311 e. The maximum absolute atomic E-state index is 3.58. The molecular formula is C16H30N2S. The lowest BCUT2D eigenvalue weighted by molar-refractivity contribution is 0.201. The van der Waals surface area contributed by atoms with Crippen molar-refractivity contribution < 1.29 is 0 Å². The highest BCUT2D eigenvalue weighted by Crippen LogP contribution is 2.14. The zero-order chi connectivity index (χ0) is 14.1. The van der Waals surface area contributed by atoms with E-state index in [0.29, 0.717) is 6.04 Å². The number of thiophene rings is 1. The molecule has 0 aliphatic rings. The molecule has 0 fully saturated rings. The minimum absolute atomic E-state index is 0.705. The maximum atomic E-state index is 3.58. The van der Waals surface area contributed by atoms with Gasteiger partial charge < -0.3 is 5.32 Å². The van der Waals surface area contributed by atoms with E-state index in [2.05, 4.69) is 49.4 Å². The van der Waals surface area contributed by atoms with Gasteiger partial charge in [-0.2, -0.15) is 0 Å². The van der Waals surface area contributed by atoms with Gasteiger partial charge in [0.1, 0.15) is 0 Å². The fourth-order valence-corrected chi connectivity index (χ4v) is 3.06. The van der Waals surface area contributed by atoms with Gasteiger partial charge in [-0.3, -0.25) is 4.90 Å². The molecule has 3 heteroatoms. The van der Waals surface area contributed by atoms with Gasteiger partial charge in [-0.1, -0.05) is 20.3 Å². The molecule has 0 aromatic carbocycles. The number of hydrogen-bond acceptors (Lipinski definition) is 3. The Hall–Kier alpha value is -0.380. The summed E-state index contributed by atoms with van der Waals surface area (Å²) in [5, 5.41) is 5.76. The van der Waals surface area contributed by atoms with Crippen LogP contribution in [0.15, 0.2) is 11.4 Å². The molecule has 2 nitrogen and oxygen atoms in total. The van der Waals surface area contributed by atoms with E-state index in [-0.39, 0.29) is 0 Å². The maximum Gasteiger partial charge on any atom is 0.0302 e. The van der Waals surface area contributed by atoms with Crippen LogP contribution in [0.5, 0.6) is 0 Å². The van der Waals surface area contributed by atoms with Crippen molar-refractivity contribution in [3.05, 3.63) is 21.9 Å². The second-order valence-corrected chi connectivity index (χ2v) is 6.35. The zero-order valence-electron chi connectivity index (χ0n) is 13.0. The Balaban J connectivity index is 2.25. The second-order valence-electron chi connectivity index (χ2n) is 5.35. The number of aryl methyl sites for hydroxylation is 1. The van der Waals surface area contributed by atoms with E-state index in [1.165, 1.54) is 42.8 Å². The molecule has 0 saturated heterocycles. The van der Waals surface area contributed by atoms with Gasteiger partial charge in [0, 0.05) is 30.6 Å². The molecule has 1 aromatic heterocycles. The first-order chi connectivity index (χ1) is 9.19. The van der Waals surface area contributed by atoms with E-state index in [1.54, 1.807) is 0 Å².